The minimum atomic E-state index is -3.71. The lowest BCUT2D eigenvalue weighted by Gasteiger charge is -2.22. The van der Waals surface area contributed by atoms with Crippen molar-refractivity contribution < 1.29 is 13.2 Å². The number of nitrogens with one attached hydrogen (secondary N) is 1. The Morgan fingerprint density at radius 1 is 1.16 bits per heavy atom. The number of benzene rings is 2. The lowest BCUT2D eigenvalue weighted by molar-refractivity contribution is -0.119. The Labute approximate surface area is 147 Å². The van der Waals surface area contributed by atoms with Crippen LogP contribution in [0.15, 0.2) is 48.5 Å². The molecule has 0 unspecified atom stereocenters. The molecule has 6 nitrogen and oxygen atoms in total. The van der Waals surface area contributed by atoms with E-state index in [1.54, 1.807) is 12.1 Å². The standard InChI is InChI=1S/C18H19N3O3S/c1-14-7-9-15(10-8-14)12-20-18(22)13-21(25(2,23)24)17-6-4-3-5-16(17)11-19/h3-10H,12-13H2,1-2H3,(H,20,22). The van der Waals surface area contributed by atoms with Crippen molar-refractivity contribution in [2.24, 2.45) is 0 Å². The third-order valence-corrected chi connectivity index (χ3v) is 4.72. The van der Waals surface area contributed by atoms with Crippen molar-refractivity contribution in [1.29, 1.82) is 5.26 Å². The molecule has 2 aromatic carbocycles. The number of para-hydroxylation sites is 1. The van der Waals surface area contributed by atoms with Gasteiger partial charge in [0.05, 0.1) is 17.5 Å². The van der Waals surface area contributed by atoms with Gasteiger partial charge in [-0.15, -0.1) is 0 Å². The van der Waals surface area contributed by atoms with E-state index in [0.717, 1.165) is 21.7 Å². The summed E-state index contributed by atoms with van der Waals surface area (Å²) in [6.45, 7) is 1.89. The summed E-state index contributed by atoms with van der Waals surface area (Å²) in [6, 6.07) is 15.9. The quantitative estimate of drug-likeness (QED) is 0.855. The third-order valence-electron chi connectivity index (χ3n) is 3.59. The van der Waals surface area contributed by atoms with Crippen LogP contribution in [0.5, 0.6) is 0 Å². The molecule has 0 aliphatic heterocycles. The minimum Gasteiger partial charge on any atom is -0.350 e. The average molecular weight is 357 g/mol. The Hall–Kier alpha value is -2.85. The molecule has 2 rings (SSSR count). The highest BCUT2D eigenvalue weighted by molar-refractivity contribution is 7.92. The van der Waals surface area contributed by atoms with E-state index in [-0.39, 0.29) is 17.8 Å². The van der Waals surface area contributed by atoms with Crippen LogP contribution in [-0.2, 0) is 21.4 Å². The largest absolute Gasteiger partial charge is 0.350 e. The molecule has 0 heterocycles. The van der Waals surface area contributed by atoms with Gasteiger partial charge in [0, 0.05) is 6.54 Å². The van der Waals surface area contributed by atoms with Crippen molar-refractivity contribution in [1.82, 2.24) is 5.32 Å². The van der Waals surface area contributed by atoms with Crippen LogP contribution in [-0.4, -0.2) is 27.1 Å². The molecule has 130 valence electrons. The van der Waals surface area contributed by atoms with Crippen LogP contribution in [0, 0.1) is 18.3 Å². The molecule has 0 bridgehead atoms. The minimum absolute atomic E-state index is 0.193. The molecule has 0 radical (unpaired) electrons. The number of carbonyl (C=O) groups excluding carboxylic acids is 1. The molecule has 0 aromatic heterocycles. The molecule has 0 saturated carbocycles. The van der Waals surface area contributed by atoms with Crippen molar-refractivity contribution in [3.63, 3.8) is 0 Å². The lowest BCUT2D eigenvalue weighted by Crippen LogP contribution is -2.40. The topological polar surface area (TPSA) is 90.3 Å². The Balaban J connectivity index is 2.13. The first-order valence-electron chi connectivity index (χ1n) is 7.60. The van der Waals surface area contributed by atoms with Gasteiger partial charge in [-0.05, 0) is 24.6 Å². The highest BCUT2D eigenvalue weighted by atomic mass is 32.2. The van der Waals surface area contributed by atoms with Gasteiger partial charge in [0.1, 0.15) is 12.6 Å². The maximum Gasteiger partial charge on any atom is 0.241 e. The number of hydrogen-bond acceptors (Lipinski definition) is 4. The van der Waals surface area contributed by atoms with E-state index in [0.29, 0.717) is 6.54 Å². The van der Waals surface area contributed by atoms with Crippen molar-refractivity contribution in [3.8, 4) is 6.07 Å². The van der Waals surface area contributed by atoms with Gasteiger partial charge in [0.25, 0.3) is 0 Å². The molecule has 7 heteroatoms. The molecule has 0 saturated heterocycles. The predicted octanol–water partition coefficient (Wildman–Crippen LogP) is 1.95. The van der Waals surface area contributed by atoms with Gasteiger partial charge in [0.15, 0.2) is 0 Å². The summed E-state index contributed by atoms with van der Waals surface area (Å²) < 4.78 is 25.1. The molecule has 25 heavy (non-hydrogen) atoms. The van der Waals surface area contributed by atoms with Crippen molar-refractivity contribution in [2.45, 2.75) is 13.5 Å². The zero-order valence-corrected chi connectivity index (χ0v) is 14.9. The molecule has 0 spiro atoms. The molecule has 0 aliphatic carbocycles. The van der Waals surface area contributed by atoms with Crippen LogP contribution in [0.4, 0.5) is 5.69 Å². The molecule has 1 amide bonds. The number of nitriles is 1. The predicted molar refractivity (Wildman–Crippen MR) is 96.4 cm³/mol. The Morgan fingerprint density at radius 2 is 1.80 bits per heavy atom. The van der Waals surface area contributed by atoms with E-state index in [9.17, 15) is 13.2 Å². The van der Waals surface area contributed by atoms with Gasteiger partial charge in [-0.2, -0.15) is 5.26 Å². The van der Waals surface area contributed by atoms with E-state index in [1.807, 2.05) is 37.3 Å². The number of anilines is 1. The van der Waals surface area contributed by atoms with Crippen LogP contribution in [0.1, 0.15) is 16.7 Å². The zero-order valence-electron chi connectivity index (χ0n) is 14.1. The van der Waals surface area contributed by atoms with Crippen LogP contribution in [0.25, 0.3) is 0 Å². The summed E-state index contributed by atoms with van der Waals surface area (Å²) in [5, 5.41) is 11.9. The van der Waals surface area contributed by atoms with Gasteiger partial charge >= 0.3 is 0 Å². The smallest absolute Gasteiger partial charge is 0.241 e. The Bertz CT molecular complexity index is 900. The molecule has 0 atom stereocenters. The van der Waals surface area contributed by atoms with E-state index >= 15 is 0 Å². The fraction of sp³-hybridized carbons (Fsp3) is 0.222. The van der Waals surface area contributed by atoms with Crippen LogP contribution >= 0.6 is 0 Å². The van der Waals surface area contributed by atoms with Gasteiger partial charge in [-0.1, -0.05) is 42.0 Å². The third kappa shape index (κ3) is 5.06. The monoisotopic (exact) mass is 357 g/mol. The second kappa shape index (κ2) is 7.81. The maximum atomic E-state index is 12.2. The number of amides is 1. The van der Waals surface area contributed by atoms with E-state index < -0.39 is 15.9 Å². The number of hydrogen-bond donors (Lipinski definition) is 1. The maximum absolute atomic E-state index is 12.2. The number of sulfonamides is 1. The summed E-state index contributed by atoms with van der Waals surface area (Å²) in [5.41, 5.74) is 2.42. The second-order valence-corrected chi connectivity index (χ2v) is 7.57. The summed E-state index contributed by atoms with van der Waals surface area (Å²) in [4.78, 5) is 12.2. The van der Waals surface area contributed by atoms with E-state index in [1.165, 1.54) is 12.1 Å². The van der Waals surface area contributed by atoms with Crippen molar-refractivity contribution in [3.05, 3.63) is 65.2 Å². The molecular formula is C18H19N3O3S. The zero-order chi connectivity index (χ0) is 18.4. The highest BCUT2D eigenvalue weighted by Crippen LogP contribution is 2.21. The molecule has 1 N–H and O–H groups in total. The number of nitrogens with zero attached hydrogens (tertiary/aromatic N) is 2. The van der Waals surface area contributed by atoms with Crippen LogP contribution in [0.2, 0.25) is 0 Å². The fourth-order valence-corrected chi connectivity index (χ4v) is 3.13. The van der Waals surface area contributed by atoms with Gasteiger partial charge < -0.3 is 5.32 Å². The number of carbonyl (C=O) groups is 1. The fourth-order valence-electron chi connectivity index (χ4n) is 2.26. The first kappa shape index (κ1) is 18.5. The van der Waals surface area contributed by atoms with Crippen molar-refractivity contribution in [2.75, 3.05) is 17.1 Å². The van der Waals surface area contributed by atoms with Gasteiger partial charge in [-0.3, -0.25) is 9.10 Å². The number of rotatable bonds is 6. The molecule has 2 aromatic rings. The first-order valence-corrected chi connectivity index (χ1v) is 9.45. The average Bonchev–Trinajstić information content (AvgIpc) is 2.58. The van der Waals surface area contributed by atoms with Crippen molar-refractivity contribution >= 4 is 21.6 Å². The molecule has 0 aliphatic rings. The lowest BCUT2D eigenvalue weighted by atomic mass is 10.1. The molecule has 0 fully saturated rings. The SMILES string of the molecule is Cc1ccc(CNC(=O)CN(c2ccccc2C#N)S(C)(=O)=O)cc1. The second-order valence-electron chi connectivity index (χ2n) is 5.66. The Kier molecular flexibility index (Phi) is 5.78. The van der Waals surface area contributed by atoms with Crippen LogP contribution in [0.3, 0.4) is 0 Å². The first-order chi connectivity index (χ1) is 11.8. The Morgan fingerprint density at radius 3 is 2.40 bits per heavy atom. The summed E-state index contributed by atoms with van der Waals surface area (Å²) in [6.07, 6.45) is 1.01. The van der Waals surface area contributed by atoms with Gasteiger partial charge in [0.2, 0.25) is 15.9 Å². The number of aryl methyl sites for hydroxylation is 1. The summed E-state index contributed by atoms with van der Waals surface area (Å²) in [5.74, 6) is -0.446. The van der Waals surface area contributed by atoms with Crippen LogP contribution < -0.4 is 9.62 Å². The normalized spacial score (nSPS) is 10.8. The van der Waals surface area contributed by atoms with Gasteiger partial charge in [-0.25, -0.2) is 8.42 Å². The highest BCUT2D eigenvalue weighted by Gasteiger charge is 2.23. The van der Waals surface area contributed by atoms with E-state index in [4.69, 9.17) is 5.26 Å². The summed E-state index contributed by atoms with van der Waals surface area (Å²) >= 11 is 0. The van der Waals surface area contributed by atoms with E-state index in [2.05, 4.69) is 5.32 Å². The summed E-state index contributed by atoms with van der Waals surface area (Å²) in [7, 11) is -3.71. The molecular weight excluding hydrogens is 338 g/mol.